The highest BCUT2D eigenvalue weighted by Crippen LogP contribution is 2.47. The number of rotatable bonds is 5. The highest BCUT2D eigenvalue weighted by atomic mass is 127. The molecule has 4 heteroatoms. The fourth-order valence-electron chi connectivity index (χ4n) is 3.92. The van der Waals surface area contributed by atoms with Crippen LogP contribution in [-0.4, -0.2) is 44.7 Å². The Morgan fingerprint density at radius 1 is 1.04 bits per heavy atom. The highest BCUT2D eigenvalue weighted by molar-refractivity contribution is 14.1. The Kier molecular flexibility index (Phi) is 5.17. The van der Waals surface area contributed by atoms with Gasteiger partial charge in [-0.2, -0.15) is 0 Å². The molecular weight excluding hydrogens is 423 g/mol. The lowest BCUT2D eigenvalue weighted by atomic mass is 10.1. The van der Waals surface area contributed by atoms with Crippen LogP contribution in [0.25, 0.3) is 0 Å². The number of nitrogens with zero attached hydrogens (tertiary/aromatic N) is 2. The van der Waals surface area contributed by atoms with E-state index < -0.39 is 0 Å². The van der Waals surface area contributed by atoms with Crippen LogP contribution < -0.4 is 9.64 Å². The molecule has 132 valence electrons. The quantitative estimate of drug-likeness (QED) is 0.637. The van der Waals surface area contributed by atoms with E-state index in [9.17, 15) is 0 Å². The molecule has 2 aliphatic rings. The SMILES string of the molecule is COc1cc(N2CCN(CC3CC3c3ccccc3)CC2)ccc1I. The first-order chi connectivity index (χ1) is 12.2. The van der Waals surface area contributed by atoms with E-state index in [1.54, 1.807) is 7.11 Å². The lowest BCUT2D eigenvalue weighted by molar-refractivity contribution is 0.246. The predicted molar refractivity (Wildman–Crippen MR) is 112 cm³/mol. The van der Waals surface area contributed by atoms with E-state index >= 15 is 0 Å². The van der Waals surface area contributed by atoms with Gasteiger partial charge < -0.3 is 9.64 Å². The lowest BCUT2D eigenvalue weighted by Crippen LogP contribution is -2.47. The van der Waals surface area contributed by atoms with Gasteiger partial charge in [-0.05, 0) is 58.5 Å². The first kappa shape index (κ1) is 17.2. The Balaban J connectivity index is 1.29. The summed E-state index contributed by atoms with van der Waals surface area (Å²) in [6.45, 7) is 5.78. The minimum Gasteiger partial charge on any atom is -0.496 e. The molecule has 0 spiro atoms. The fraction of sp³-hybridized carbons (Fsp3) is 0.429. The topological polar surface area (TPSA) is 15.7 Å². The maximum atomic E-state index is 5.47. The van der Waals surface area contributed by atoms with E-state index in [1.807, 2.05) is 0 Å². The van der Waals surface area contributed by atoms with Gasteiger partial charge in [0.2, 0.25) is 0 Å². The van der Waals surface area contributed by atoms with E-state index in [2.05, 4.69) is 80.9 Å². The van der Waals surface area contributed by atoms with Crippen molar-refractivity contribution in [2.45, 2.75) is 12.3 Å². The van der Waals surface area contributed by atoms with Gasteiger partial charge in [-0.25, -0.2) is 0 Å². The van der Waals surface area contributed by atoms with E-state index in [0.717, 1.165) is 43.8 Å². The van der Waals surface area contributed by atoms with Gasteiger partial charge in [0, 0.05) is 44.5 Å². The van der Waals surface area contributed by atoms with Crippen molar-refractivity contribution in [2.75, 3.05) is 44.7 Å². The second kappa shape index (κ2) is 7.54. The van der Waals surface area contributed by atoms with Gasteiger partial charge in [0.25, 0.3) is 0 Å². The van der Waals surface area contributed by atoms with Gasteiger partial charge in [0.05, 0.1) is 10.7 Å². The molecule has 2 aromatic rings. The average molecular weight is 448 g/mol. The number of methoxy groups -OCH3 is 1. The summed E-state index contributed by atoms with van der Waals surface area (Å²) < 4.78 is 6.64. The molecule has 25 heavy (non-hydrogen) atoms. The molecule has 1 aliphatic carbocycles. The van der Waals surface area contributed by atoms with Crippen molar-refractivity contribution in [3.8, 4) is 5.75 Å². The zero-order valence-corrected chi connectivity index (χ0v) is 16.9. The summed E-state index contributed by atoms with van der Waals surface area (Å²) in [4.78, 5) is 5.13. The molecule has 1 aliphatic heterocycles. The van der Waals surface area contributed by atoms with Crippen molar-refractivity contribution in [3.05, 3.63) is 57.7 Å². The molecule has 1 heterocycles. The third-order valence-electron chi connectivity index (χ3n) is 5.52. The number of ether oxygens (including phenoxy) is 1. The minimum absolute atomic E-state index is 0.791. The molecular formula is C21H25IN2O. The number of hydrogen-bond donors (Lipinski definition) is 0. The molecule has 0 aromatic heterocycles. The van der Waals surface area contributed by atoms with Gasteiger partial charge in [-0.15, -0.1) is 0 Å². The summed E-state index contributed by atoms with van der Waals surface area (Å²) in [6.07, 6.45) is 1.36. The van der Waals surface area contributed by atoms with Gasteiger partial charge in [0.1, 0.15) is 5.75 Å². The van der Waals surface area contributed by atoms with Gasteiger partial charge in [-0.1, -0.05) is 30.3 Å². The average Bonchev–Trinajstić information content (AvgIpc) is 3.43. The molecule has 0 amide bonds. The van der Waals surface area contributed by atoms with E-state index in [0.29, 0.717) is 0 Å². The standard InChI is InChI=1S/C21H25IN2O/c1-25-21-14-18(7-8-20(21)22)24-11-9-23(10-12-24)15-17-13-19(17)16-5-3-2-4-6-16/h2-8,14,17,19H,9-13,15H2,1H3. The van der Waals surface area contributed by atoms with Crippen LogP contribution in [0.2, 0.25) is 0 Å². The second-order valence-electron chi connectivity index (χ2n) is 7.12. The Bertz CT molecular complexity index is 713. The molecule has 2 fully saturated rings. The molecule has 4 rings (SSSR count). The van der Waals surface area contributed by atoms with Crippen LogP contribution in [0.15, 0.2) is 48.5 Å². The molecule has 2 aromatic carbocycles. The smallest absolute Gasteiger partial charge is 0.134 e. The lowest BCUT2D eigenvalue weighted by Gasteiger charge is -2.36. The van der Waals surface area contributed by atoms with Crippen LogP contribution in [0.1, 0.15) is 17.9 Å². The third kappa shape index (κ3) is 3.95. The van der Waals surface area contributed by atoms with Crippen LogP contribution in [0, 0.1) is 9.49 Å². The number of benzene rings is 2. The van der Waals surface area contributed by atoms with Gasteiger partial charge in [0.15, 0.2) is 0 Å². The van der Waals surface area contributed by atoms with Crippen molar-refractivity contribution >= 4 is 28.3 Å². The Labute approximate surface area is 164 Å². The van der Waals surface area contributed by atoms with Crippen molar-refractivity contribution in [1.29, 1.82) is 0 Å². The first-order valence-corrected chi connectivity index (χ1v) is 10.2. The fourth-order valence-corrected chi connectivity index (χ4v) is 4.48. The van der Waals surface area contributed by atoms with Crippen molar-refractivity contribution in [2.24, 2.45) is 5.92 Å². The summed E-state index contributed by atoms with van der Waals surface area (Å²) in [5.74, 6) is 2.62. The van der Waals surface area contributed by atoms with Gasteiger partial charge >= 0.3 is 0 Å². The Morgan fingerprint density at radius 2 is 1.80 bits per heavy atom. The number of anilines is 1. The normalized spacial score (nSPS) is 23.5. The van der Waals surface area contributed by atoms with Crippen LogP contribution in [0.3, 0.4) is 0 Å². The number of halogens is 1. The summed E-state index contributed by atoms with van der Waals surface area (Å²) in [5.41, 5.74) is 2.81. The molecule has 1 saturated heterocycles. The zero-order valence-electron chi connectivity index (χ0n) is 14.7. The third-order valence-corrected chi connectivity index (χ3v) is 6.41. The zero-order chi connectivity index (χ0) is 17.2. The summed E-state index contributed by atoms with van der Waals surface area (Å²) in [5, 5.41) is 0. The molecule has 2 atom stereocenters. The van der Waals surface area contributed by atoms with Gasteiger partial charge in [-0.3, -0.25) is 4.90 Å². The predicted octanol–water partition coefficient (Wildman–Crippen LogP) is 4.23. The van der Waals surface area contributed by atoms with Crippen LogP contribution in [0.4, 0.5) is 5.69 Å². The van der Waals surface area contributed by atoms with Crippen molar-refractivity contribution in [3.63, 3.8) is 0 Å². The molecule has 0 N–H and O–H groups in total. The molecule has 0 bridgehead atoms. The molecule has 1 saturated carbocycles. The van der Waals surface area contributed by atoms with Crippen LogP contribution >= 0.6 is 22.6 Å². The van der Waals surface area contributed by atoms with E-state index in [4.69, 9.17) is 4.74 Å². The summed E-state index contributed by atoms with van der Waals surface area (Å²) >= 11 is 2.33. The highest BCUT2D eigenvalue weighted by Gasteiger charge is 2.39. The molecule has 2 unspecified atom stereocenters. The van der Waals surface area contributed by atoms with E-state index in [-0.39, 0.29) is 0 Å². The van der Waals surface area contributed by atoms with Crippen LogP contribution in [0.5, 0.6) is 5.75 Å². The largest absolute Gasteiger partial charge is 0.496 e. The molecule has 0 radical (unpaired) electrons. The second-order valence-corrected chi connectivity index (χ2v) is 8.28. The summed E-state index contributed by atoms with van der Waals surface area (Å²) in [7, 11) is 1.75. The van der Waals surface area contributed by atoms with Crippen molar-refractivity contribution < 1.29 is 4.74 Å². The maximum absolute atomic E-state index is 5.47. The van der Waals surface area contributed by atoms with E-state index in [1.165, 1.54) is 27.8 Å². The summed E-state index contributed by atoms with van der Waals surface area (Å²) in [6, 6.07) is 17.5. The number of hydrogen-bond acceptors (Lipinski definition) is 3. The molecule has 3 nitrogen and oxygen atoms in total. The Morgan fingerprint density at radius 3 is 2.52 bits per heavy atom. The Hall–Kier alpha value is -1.27. The van der Waals surface area contributed by atoms with Crippen LogP contribution in [-0.2, 0) is 0 Å². The minimum atomic E-state index is 0.791. The van der Waals surface area contributed by atoms with Crippen molar-refractivity contribution in [1.82, 2.24) is 4.90 Å². The maximum Gasteiger partial charge on any atom is 0.134 e. The first-order valence-electron chi connectivity index (χ1n) is 9.10. The number of piperazine rings is 1. The monoisotopic (exact) mass is 448 g/mol.